The highest BCUT2D eigenvalue weighted by Gasteiger charge is 2.21. The van der Waals surface area contributed by atoms with Crippen molar-refractivity contribution in [3.05, 3.63) is 72.5 Å². The fourth-order valence-corrected chi connectivity index (χ4v) is 4.37. The molecule has 1 saturated heterocycles. The van der Waals surface area contributed by atoms with Gasteiger partial charge in [0, 0.05) is 57.4 Å². The van der Waals surface area contributed by atoms with Crippen LogP contribution in [-0.2, 0) is 16.1 Å². The Hall–Kier alpha value is -3.79. The lowest BCUT2D eigenvalue weighted by Crippen LogP contribution is -2.41. The normalized spacial score (nSPS) is 14.8. The van der Waals surface area contributed by atoms with Crippen LogP contribution in [-0.4, -0.2) is 67.3 Å². The maximum atomic E-state index is 14.5. The van der Waals surface area contributed by atoms with Crippen LogP contribution in [0.5, 0.6) is 0 Å². The molecule has 8 nitrogen and oxygen atoms in total. The van der Waals surface area contributed by atoms with Crippen LogP contribution in [0.1, 0.15) is 31.4 Å². The fourth-order valence-electron chi connectivity index (χ4n) is 4.37. The molecule has 0 bridgehead atoms. The maximum Gasteiger partial charge on any atom is 0.253 e. The average Bonchev–Trinajstić information content (AvgIpc) is 2.87. The van der Waals surface area contributed by atoms with Crippen LogP contribution in [0.2, 0.25) is 0 Å². The molecule has 10 heteroatoms. The highest BCUT2D eigenvalue weighted by Crippen LogP contribution is 2.25. The summed E-state index contributed by atoms with van der Waals surface area (Å²) in [6.07, 6.45) is 6.21. The van der Waals surface area contributed by atoms with E-state index in [0.717, 1.165) is 0 Å². The summed E-state index contributed by atoms with van der Waals surface area (Å²) in [5.41, 5.74) is 2.47. The number of hydrogen-bond donors (Lipinski definition) is 1. The number of carbonyl (C=O) groups excluding carboxylic acids is 1. The summed E-state index contributed by atoms with van der Waals surface area (Å²) in [5.74, 6) is 0.541. The maximum absolute atomic E-state index is 14.5. The molecular formula is C29H38F2N6O2. The van der Waals surface area contributed by atoms with Gasteiger partial charge in [-0.1, -0.05) is 33.1 Å². The van der Waals surface area contributed by atoms with Crippen molar-refractivity contribution < 1.29 is 18.3 Å². The molecule has 0 spiro atoms. The zero-order valence-electron chi connectivity index (χ0n) is 23.2. The molecule has 2 heterocycles. The summed E-state index contributed by atoms with van der Waals surface area (Å²) in [6, 6.07) is 4.58. The van der Waals surface area contributed by atoms with Crippen LogP contribution < -0.4 is 15.1 Å². The van der Waals surface area contributed by atoms with E-state index in [9.17, 15) is 13.6 Å². The number of rotatable bonds is 13. The topological polar surface area (TPSA) is 73.8 Å². The van der Waals surface area contributed by atoms with Crippen molar-refractivity contribution in [2.24, 2.45) is 5.92 Å². The van der Waals surface area contributed by atoms with Crippen molar-refractivity contribution in [3.63, 3.8) is 0 Å². The Morgan fingerprint density at radius 3 is 2.72 bits per heavy atom. The number of alkyl halides is 1. The molecular weight excluding hydrogens is 502 g/mol. The highest BCUT2D eigenvalue weighted by molar-refractivity contribution is 5.94. The van der Waals surface area contributed by atoms with Gasteiger partial charge in [0.2, 0.25) is 5.95 Å². The largest absolute Gasteiger partial charge is 0.376 e. The van der Waals surface area contributed by atoms with E-state index in [0.29, 0.717) is 60.4 Å². The summed E-state index contributed by atoms with van der Waals surface area (Å²) in [6.45, 7) is 13.0. The predicted molar refractivity (Wildman–Crippen MR) is 153 cm³/mol. The fraction of sp³-hybridized carbons (Fsp3) is 0.414. The number of nitrogens with one attached hydrogen (secondary N) is 1. The second-order valence-corrected chi connectivity index (χ2v) is 10.0. The van der Waals surface area contributed by atoms with Gasteiger partial charge in [-0.05, 0) is 42.2 Å². The molecule has 2 aromatic rings. The van der Waals surface area contributed by atoms with Crippen molar-refractivity contribution >= 4 is 29.4 Å². The number of anilines is 3. The van der Waals surface area contributed by atoms with Gasteiger partial charge in [0.05, 0.1) is 12.3 Å². The van der Waals surface area contributed by atoms with Gasteiger partial charge in [-0.15, -0.1) is 0 Å². The number of ether oxygens (including phenoxy) is 1. The molecule has 39 heavy (non-hydrogen) atoms. The monoisotopic (exact) mass is 540 g/mol. The van der Waals surface area contributed by atoms with Gasteiger partial charge in [0.1, 0.15) is 24.4 Å². The van der Waals surface area contributed by atoms with Gasteiger partial charge in [-0.3, -0.25) is 4.79 Å². The van der Waals surface area contributed by atoms with Crippen molar-refractivity contribution in [1.29, 1.82) is 0 Å². The molecule has 1 amide bonds. The third-order valence-electron chi connectivity index (χ3n) is 6.09. The summed E-state index contributed by atoms with van der Waals surface area (Å²) in [4.78, 5) is 26.4. The molecule has 3 rings (SSSR count). The molecule has 1 N–H and O–H groups in total. The standard InChI is InChI=1S/C29H38F2N6O2/c1-7-22-15-32-29(33-25(8-2)18-35(5)17-24(31)11-20(3)4)34-28(22)36(6)16-21-12-23(30)14-26(13-21)37-9-10-39-19-27(37)38/h7-8,12-15,18,20,24H,1-2,9-11,16-17,19H2,3-6H3,(H,32,33,34)/b25-18+. The van der Waals surface area contributed by atoms with Crippen molar-refractivity contribution in [2.45, 2.75) is 33.0 Å². The van der Waals surface area contributed by atoms with E-state index in [2.05, 4.69) is 28.4 Å². The van der Waals surface area contributed by atoms with Crippen molar-refractivity contribution in [1.82, 2.24) is 14.9 Å². The van der Waals surface area contributed by atoms with E-state index in [-0.39, 0.29) is 25.0 Å². The highest BCUT2D eigenvalue weighted by atomic mass is 19.1. The van der Waals surface area contributed by atoms with Gasteiger partial charge < -0.3 is 24.8 Å². The van der Waals surface area contributed by atoms with Crippen molar-refractivity contribution in [2.75, 3.05) is 55.5 Å². The van der Waals surface area contributed by atoms with Gasteiger partial charge in [-0.25, -0.2) is 13.8 Å². The van der Waals surface area contributed by atoms with Crippen LogP contribution in [0, 0.1) is 11.7 Å². The molecule has 210 valence electrons. The number of amides is 1. The number of benzene rings is 1. The number of hydrogen-bond acceptors (Lipinski definition) is 7. The van der Waals surface area contributed by atoms with E-state index < -0.39 is 12.0 Å². The molecule has 1 unspecified atom stereocenters. The Morgan fingerprint density at radius 2 is 2.05 bits per heavy atom. The Morgan fingerprint density at radius 1 is 1.28 bits per heavy atom. The van der Waals surface area contributed by atoms with Crippen LogP contribution in [0.25, 0.3) is 6.08 Å². The lowest BCUT2D eigenvalue weighted by Gasteiger charge is -2.28. The predicted octanol–water partition coefficient (Wildman–Crippen LogP) is 5.01. The minimum atomic E-state index is -0.939. The summed E-state index contributed by atoms with van der Waals surface area (Å²) >= 11 is 0. The molecule has 1 fully saturated rings. The lowest BCUT2D eigenvalue weighted by atomic mass is 10.1. The number of allylic oxidation sites excluding steroid dienone is 1. The van der Waals surface area contributed by atoms with Gasteiger partial charge in [-0.2, -0.15) is 4.98 Å². The van der Waals surface area contributed by atoms with E-state index in [4.69, 9.17) is 4.74 Å². The first kappa shape index (κ1) is 29.8. The quantitative estimate of drug-likeness (QED) is 0.358. The first-order chi connectivity index (χ1) is 18.6. The molecule has 1 aromatic carbocycles. The summed E-state index contributed by atoms with van der Waals surface area (Å²) < 4.78 is 34.0. The third kappa shape index (κ3) is 8.61. The Bertz CT molecular complexity index is 1200. The second kappa shape index (κ2) is 13.8. The zero-order valence-corrected chi connectivity index (χ0v) is 23.2. The van der Waals surface area contributed by atoms with E-state index in [1.807, 2.05) is 25.8 Å². The molecule has 1 aromatic heterocycles. The number of halogens is 2. The summed E-state index contributed by atoms with van der Waals surface area (Å²) in [7, 11) is 3.63. The van der Waals surface area contributed by atoms with Crippen molar-refractivity contribution in [3.8, 4) is 0 Å². The minimum absolute atomic E-state index is 0.0194. The average molecular weight is 541 g/mol. The second-order valence-electron chi connectivity index (χ2n) is 10.0. The first-order valence-corrected chi connectivity index (χ1v) is 12.9. The summed E-state index contributed by atoms with van der Waals surface area (Å²) in [5, 5.41) is 3.13. The first-order valence-electron chi connectivity index (χ1n) is 12.9. The van der Waals surface area contributed by atoms with E-state index in [1.165, 1.54) is 17.0 Å². The van der Waals surface area contributed by atoms with Gasteiger partial charge in [0.15, 0.2) is 0 Å². The number of carbonyl (C=O) groups is 1. The van der Waals surface area contributed by atoms with Crippen LogP contribution >= 0.6 is 0 Å². The van der Waals surface area contributed by atoms with Crippen LogP contribution in [0.3, 0.4) is 0 Å². The Labute approximate surface area is 229 Å². The van der Waals surface area contributed by atoms with E-state index in [1.54, 1.807) is 42.6 Å². The Balaban J connectivity index is 1.78. The molecule has 1 aliphatic heterocycles. The van der Waals surface area contributed by atoms with E-state index >= 15 is 0 Å². The third-order valence-corrected chi connectivity index (χ3v) is 6.09. The smallest absolute Gasteiger partial charge is 0.253 e. The Kier molecular flexibility index (Phi) is 10.6. The van der Waals surface area contributed by atoms with Crippen LogP contribution in [0.4, 0.5) is 26.2 Å². The van der Waals surface area contributed by atoms with Crippen LogP contribution in [0.15, 0.2) is 55.5 Å². The molecule has 0 radical (unpaired) electrons. The SMILES string of the molecule is C=C/C(=C\N(C)CC(F)CC(C)C)Nc1ncc(C=C)c(N(C)Cc2cc(F)cc(N3CCOCC3=O)c2)n1. The minimum Gasteiger partial charge on any atom is -0.376 e. The number of nitrogens with zero attached hydrogens (tertiary/aromatic N) is 5. The van der Waals surface area contributed by atoms with Gasteiger partial charge >= 0.3 is 0 Å². The molecule has 0 aliphatic carbocycles. The number of aromatic nitrogens is 2. The molecule has 1 aliphatic rings. The lowest BCUT2D eigenvalue weighted by molar-refractivity contribution is -0.125. The van der Waals surface area contributed by atoms with Gasteiger partial charge in [0.25, 0.3) is 5.91 Å². The molecule has 1 atom stereocenters. The number of morpholine rings is 1. The molecule has 0 saturated carbocycles. The zero-order chi connectivity index (χ0) is 28.5.